The van der Waals surface area contributed by atoms with E-state index >= 15 is 0 Å². The van der Waals surface area contributed by atoms with E-state index in [9.17, 15) is 19.4 Å². The molecule has 0 rings (SSSR count). The van der Waals surface area contributed by atoms with Gasteiger partial charge in [-0.25, -0.2) is 4.57 Å². The maximum absolute atomic E-state index is 13.1. The van der Waals surface area contributed by atoms with Gasteiger partial charge in [-0.3, -0.25) is 13.8 Å². The molecule has 0 radical (unpaired) electrons. The molecular formula is C72H138N2O6P+. The summed E-state index contributed by atoms with van der Waals surface area (Å²) in [7, 11) is 1.59. The summed E-state index contributed by atoms with van der Waals surface area (Å²) in [4.78, 5) is 23.4. The van der Waals surface area contributed by atoms with Crippen LogP contribution in [0.25, 0.3) is 0 Å². The molecule has 0 fully saturated rings. The first-order valence-electron chi connectivity index (χ1n) is 35.2. The highest BCUT2D eigenvalue weighted by molar-refractivity contribution is 7.47. The van der Waals surface area contributed by atoms with Crippen LogP contribution in [0.2, 0.25) is 0 Å². The Balaban J connectivity index is 4.03. The van der Waals surface area contributed by atoms with Crippen molar-refractivity contribution in [3.8, 4) is 0 Å². The van der Waals surface area contributed by atoms with Crippen molar-refractivity contribution in [1.82, 2.24) is 5.32 Å². The third-order valence-corrected chi connectivity index (χ3v) is 17.0. The first-order valence-corrected chi connectivity index (χ1v) is 36.7. The van der Waals surface area contributed by atoms with Gasteiger partial charge in [0.05, 0.1) is 39.9 Å². The fraction of sp³-hybridized carbons (Fsp3) is 0.847. The highest BCUT2D eigenvalue weighted by Crippen LogP contribution is 2.43. The number of nitrogens with zero attached hydrogens (tertiary/aromatic N) is 1. The highest BCUT2D eigenvalue weighted by Gasteiger charge is 2.28. The van der Waals surface area contributed by atoms with Gasteiger partial charge < -0.3 is 19.8 Å². The smallest absolute Gasteiger partial charge is 0.387 e. The van der Waals surface area contributed by atoms with Crippen LogP contribution in [0.3, 0.4) is 0 Å². The molecule has 0 aliphatic carbocycles. The van der Waals surface area contributed by atoms with Gasteiger partial charge >= 0.3 is 7.82 Å². The maximum atomic E-state index is 13.1. The number of hydrogen-bond donors (Lipinski definition) is 3. The number of quaternary nitrogens is 1. The quantitative estimate of drug-likeness (QED) is 0.0243. The van der Waals surface area contributed by atoms with Crippen molar-refractivity contribution in [3.63, 3.8) is 0 Å². The van der Waals surface area contributed by atoms with Crippen molar-refractivity contribution in [2.45, 2.75) is 353 Å². The van der Waals surface area contributed by atoms with E-state index < -0.39 is 20.0 Å². The predicted octanol–water partition coefficient (Wildman–Crippen LogP) is 22.4. The van der Waals surface area contributed by atoms with E-state index in [0.29, 0.717) is 17.4 Å². The third kappa shape index (κ3) is 65.6. The van der Waals surface area contributed by atoms with Crippen LogP contribution in [0.5, 0.6) is 0 Å². The number of carbonyl (C=O) groups excluding carboxylic acids is 1. The lowest BCUT2D eigenvalue weighted by Gasteiger charge is -2.25. The number of unbranched alkanes of at least 4 members (excludes halogenated alkanes) is 44. The van der Waals surface area contributed by atoms with E-state index in [2.05, 4.69) is 67.8 Å². The monoisotopic (exact) mass is 1160 g/mol. The van der Waals surface area contributed by atoms with Crippen LogP contribution in [-0.4, -0.2) is 73.4 Å². The fourth-order valence-corrected chi connectivity index (χ4v) is 11.3. The summed E-state index contributed by atoms with van der Waals surface area (Å²) in [5.74, 6) is -0.171. The second-order valence-corrected chi connectivity index (χ2v) is 26.7. The van der Waals surface area contributed by atoms with Gasteiger partial charge in [0.1, 0.15) is 13.2 Å². The molecule has 0 aromatic heterocycles. The number of amides is 1. The van der Waals surface area contributed by atoms with Gasteiger partial charge in [-0.05, 0) is 57.8 Å². The first-order chi connectivity index (χ1) is 39.5. The molecule has 3 N–H and O–H groups in total. The lowest BCUT2D eigenvalue weighted by atomic mass is 10.0. The van der Waals surface area contributed by atoms with E-state index in [1.807, 2.05) is 27.2 Å². The summed E-state index contributed by atoms with van der Waals surface area (Å²) in [5.41, 5.74) is 0. The zero-order valence-electron chi connectivity index (χ0n) is 54.5. The Hall–Kier alpha value is -1.80. The minimum absolute atomic E-state index is 0.0624. The van der Waals surface area contributed by atoms with E-state index in [-0.39, 0.29) is 19.1 Å². The topological polar surface area (TPSA) is 105 Å². The van der Waals surface area contributed by atoms with Crippen molar-refractivity contribution < 1.29 is 32.9 Å². The minimum atomic E-state index is -4.35. The van der Waals surface area contributed by atoms with Crippen LogP contribution in [0, 0.1) is 0 Å². The molecule has 9 heteroatoms. The van der Waals surface area contributed by atoms with E-state index in [1.165, 1.54) is 257 Å². The predicted molar refractivity (Wildman–Crippen MR) is 355 cm³/mol. The summed E-state index contributed by atoms with van der Waals surface area (Å²) in [6.07, 6.45) is 86.5. The average Bonchev–Trinajstić information content (AvgIpc) is 3.43. The Morgan fingerprint density at radius 3 is 1.09 bits per heavy atom. The number of phosphoric ester groups is 1. The molecule has 476 valence electrons. The highest BCUT2D eigenvalue weighted by atomic mass is 31.2. The SMILES string of the molecule is CC/C=C\C/C=C\C/C=C\C/C=C\CCCCCCCCCCCCCCCCCCCCCCC(=O)NC(COP(=O)(O)OCC[N+](C)(C)C)C(O)/C=C/CCCCCCCCCCCCCCCCCCCCCCCCCC. The van der Waals surface area contributed by atoms with Crippen LogP contribution in [0.1, 0.15) is 341 Å². The lowest BCUT2D eigenvalue weighted by Crippen LogP contribution is -2.45. The molecule has 0 spiro atoms. The standard InChI is InChI=1S/C72H137N2O6P/c1-6-8-10-12-14-16-18-20-22-24-26-28-30-32-34-35-36-37-38-39-40-42-44-46-48-50-52-54-56-58-60-62-64-66-72(76)73-70(69-80-81(77,78)79-68-67-74(3,4)5)71(75)65-63-61-59-57-55-53-51-49-47-45-43-41-33-31-29-27-25-23-21-19-17-15-13-11-9-7-2/h8,10,14,16,20,22,26,28,63,65,70-71,75H,6-7,9,11-13,15,17-19,21,23-25,27,29-62,64,66-69H2,1-5H3,(H-,73,76,77,78)/p+1/b10-8-,16-14-,22-20-,28-26-,65-63+. The molecule has 0 saturated carbocycles. The summed E-state index contributed by atoms with van der Waals surface area (Å²) < 4.78 is 23.8. The molecular weight excluding hydrogens is 1020 g/mol. The molecule has 3 unspecified atom stereocenters. The molecule has 0 heterocycles. The van der Waals surface area contributed by atoms with Crippen molar-refractivity contribution in [2.75, 3.05) is 40.9 Å². The zero-order chi connectivity index (χ0) is 59.1. The number of likely N-dealkylation sites (N-methyl/N-ethyl adjacent to an activating group) is 1. The molecule has 0 aliphatic heterocycles. The number of allylic oxidation sites excluding steroid dienone is 9. The fourth-order valence-electron chi connectivity index (χ4n) is 10.6. The van der Waals surface area contributed by atoms with E-state index in [4.69, 9.17) is 9.05 Å². The molecule has 0 aromatic carbocycles. The summed E-state index contributed by atoms with van der Waals surface area (Å²) in [5, 5.41) is 14.0. The lowest BCUT2D eigenvalue weighted by molar-refractivity contribution is -0.870. The van der Waals surface area contributed by atoms with Crippen molar-refractivity contribution >= 4 is 13.7 Å². The normalized spacial score (nSPS) is 14.0. The summed E-state index contributed by atoms with van der Waals surface area (Å²) >= 11 is 0. The van der Waals surface area contributed by atoms with Gasteiger partial charge in [0.25, 0.3) is 0 Å². The zero-order valence-corrected chi connectivity index (χ0v) is 55.4. The number of rotatable bonds is 65. The molecule has 0 saturated heterocycles. The van der Waals surface area contributed by atoms with Crippen LogP contribution < -0.4 is 5.32 Å². The molecule has 0 aliphatic rings. The molecule has 0 bridgehead atoms. The van der Waals surface area contributed by atoms with Gasteiger partial charge in [0.2, 0.25) is 5.91 Å². The largest absolute Gasteiger partial charge is 0.472 e. The van der Waals surface area contributed by atoms with E-state index in [0.717, 1.165) is 64.2 Å². The second-order valence-electron chi connectivity index (χ2n) is 25.2. The minimum Gasteiger partial charge on any atom is -0.387 e. The Bertz CT molecular complexity index is 1500. The summed E-state index contributed by atoms with van der Waals surface area (Å²) in [6.45, 7) is 4.75. The molecule has 81 heavy (non-hydrogen) atoms. The van der Waals surface area contributed by atoms with Crippen LogP contribution in [-0.2, 0) is 18.4 Å². The number of phosphoric acid groups is 1. The van der Waals surface area contributed by atoms with Crippen molar-refractivity contribution in [1.29, 1.82) is 0 Å². The van der Waals surface area contributed by atoms with Crippen LogP contribution in [0.4, 0.5) is 0 Å². The molecule has 8 nitrogen and oxygen atoms in total. The van der Waals surface area contributed by atoms with E-state index in [1.54, 1.807) is 6.08 Å². The van der Waals surface area contributed by atoms with Gasteiger partial charge in [-0.1, -0.05) is 338 Å². The van der Waals surface area contributed by atoms with Crippen molar-refractivity contribution in [3.05, 3.63) is 60.8 Å². The Morgan fingerprint density at radius 1 is 0.432 bits per heavy atom. The number of aliphatic hydroxyl groups is 1. The van der Waals surface area contributed by atoms with Gasteiger partial charge in [0, 0.05) is 6.42 Å². The Morgan fingerprint density at radius 2 is 0.741 bits per heavy atom. The summed E-state index contributed by atoms with van der Waals surface area (Å²) in [6, 6.07) is -0.848. The number of carbonyl (C=O) groups is 1. The molecule has 0 aromatic rings. The number of hydrogen-bond acceptors (Lipinski definition) is 5. The number of nitrogens with one attached hydrogen (secondary N) is 1. The van der Waals surface area contributed by atoms with Gasteiger partial charge in [-0.2, -0.15) is 0 Å². The Labute approximate surface area is 504 Å². The molecule has 1 amide bonds. The second kappa shape index (κ2) is 62.7. The average molecular weight is 1160 g/mol. The van der Waals surface area contributed by atoms with Crippen LogP contribution >= 0.6 is 7.82 Å². The maximum Gasteiger partial charge on any atom is 0.472 e. The molecule has 3 atom stereocenters. The number of aliphatic hydroxyl groups excluding tert-OH is 1. The third-order valence-electron chi connectivity index (χ3n) is 16.0. The van der Waals surface area contributed by atoms with Gasteiger partial charge in [-0.15, -0.1) is 0 Å². The Kier molecular flexibility index (Phi) is 61.3. The van der Waals surface area contributed by atoms with Crippen LogP contribution in [0.15, 0.2) is 60.8 Å². The van der Waals surface area contributed by atoms with Crippen molar-refractivity contribution in [2.24, 2.45) is 0 Å². The van der Waals surface area contributed by atoms with Gasteiger partial charge in [0.15, 0.2) is 0 Å². The first kappa shape index (κ1) is 79.2.